The molecule has 0 spiro atoms. The van der Waals surface area contributed by atoms with Gasteiger partial charge in [0, 0.05) is 6.26 Å². The van der Waals surface area contributed by atoms with Crippen LogP contribution in [0.3, 0.4) is 0 Å². The minimum absolute atomic E-state index is 0.0426. The number of aryl methyl sites for hydroxylation is 1. The summed E-state index contributed by atoms with van der Waals surface area (Å²) in [5.74, 6) is -0.0906. The highest BCUT2D eigenvalue weighted by Crippen LogP contribution is 2.23. The molecule has 7 heteroatoms. The first-order chi connectivity index (χ1) is 8.12. The van der Waals surface area contributed by atoms with Crippen molar-refractivity contribution in [2.75, 3.05) is 12.9 Å². The fourth-order valence-electron chi connectivity index (χ4n) is 1.30. The summed E-state index contributed by atoms with van der Waals surface area (Å²) < 4.78 is 63.4. The summed E-state index contributed by atoms with van der Waals surface area (Å²) in [6.07, 6.45) is -2.95. The largest absolute Gasteiger partial charge is 0.484 e. The van der Waals surface area contributed by atoms with Gasteiger partial charge in [0.25, 0.3) is 0 Å². The van der Waals surface area contributed by atoms with Crippen molar-refractivity contribution in [3.8, 4) is 5.75 Å². The Labute approximate surface area is 103 Å². The first kappa shape index (κ1) is 14.8. The van der Waals surface area contributed by atoms with Crippen molar-refractivity contribution in [2.24, 2.45) is 0 Å². The topological polar surface area (TPSA) is 43.4 Å². The summed E-state index contributed by atoms with van der Waals surface area (Å²) in [5.41, 5.74) is 0.607. The monoisotopic (exact) mass is 282 g/mol. The lowest BCUT2D eigenvalue weighted by Gasteiger charge is -2.11. The lowest BCUT2D eigenvalue weighted by molar-refractivity contribution is -0.153. The quantitative estimate of drug-likeness (QED) is 0.852. The minimum atomic E-state index is -4.45. The van der Waals surface area contributed by atoms with Gasteiger partial charge in [-0.1, -0.05) is 6.92 Å². The Morgan fingerprint density at radius 1 is 1.22 bits per heavy atom. The number of rotatable bonds is 4. The molecule has 0 bridgehead atoms. The molecule has 0 aliphatic rings. The van der Waals surface area contributed by atoms with Crippen LogP contribution in [0.4, 0.5) is 13.2 Å². The fraction of sp³-hybridized carbons (Fsp3) is 0.455. The molecule has 1 aromatic carbocycles. The van der Waals surface area contributed by atoms with Gasteiger partial charge in [-0.2, -0.15) is 13.2 Å². The van der Waals surface area contributed by atoms with Gasteiger partial charge in [0.05, 0.1) is 4.90 Å². The number of halogens is 3. The summed E-state index contributed by atoms with van der Waals surface area (Å²) in [6.45, 7) is 0.332. The Kier molecular flexibility index (Phi) is 4.26. The van der Waals surface area contributed by atoms with E-state index in [1.54, 1.807) is 6.92 Å². The molecule has 0 heterocycles. The van der Waals surface area contributed by atoms with Crippen molar-refractivity contribution in [1.82, 2.24) is 0 Å². The number of alkyl halides is 3. The summed E-state index contributed by atoms with van der Waals surface area (Å²) >= 11 is 0. The molecule has 0 atom stereocenters. The van der Waals surface area contributed by atoms with Crippen LogP contribution in [0, 0.1) is 0 Å². The second-order valence-corrected chi connectivity index (χ2v) is 5.86. The first-order valence-corrected chi connectivity index (χ1v) is 7.04. The van der Waals surface area contributed by atoms with Gasteiger partial charge < -0.3 is 4.74 Å². The maximum absolute atomic E-state index is 12.0. The SMILES string of the molecule is CCc1cc(OCC(F)(F)F)cc(S(C)(=O)=O)c1. The number of hydrogen-bond donors (Lipinski definition) is 0. The minimum Gasteiger partial charge on any atom is -0.484 e. The number of hydrogen-bond acceptors (Lipinski definition) is 3. The zero-order valence-corrected chi connectivity index (χ0v) is 10.7. The van der Waals surface area contributed by atoms with Crippen LogP contribution in [0.1, 0.15) is 12.5 Å². The predicted molar refractivity (Wildman–Crippen MR) is 60.5 cm³/mol. The predicted octanol–water partition coefficient (Wildman–Crippen LogP) is 2.59. The van der Waals surface area contributed by atoms with Crippen molar-refractivity contribution in [1.29, 1.82) is 0 Å². The normalized spacial score (nSPS) is 12.5. The van der Waals surface area contributed by atoms with Gasteiger partial charge in [0.1, 0.15) is 5.75 Å². The van der Waals surface area contributed by atoms with E-state index in [1.165, 1.54) is 12.1 Å². The van der Waals surface area contributed by atoms with Crippen molar-refractivity contribution in [3.63, 3.8) is 0 Å². The first-order valence-electron chi connectivity index (χ1n) is 5.15. The van der Waals surface area contributed by atoms with Gasteiger partial charge in [0.15, 0.2) is 16.4 Å². The van der Waals surface area contributed by atoms with Gasteiger partial charge in [-0.05, 0) is 30.2 Å². The number of benzene rings is 1. The fourth-order valence-corrected chi connectivity index (χ4v) is 1.99. The Morgan fingerprint density at radius 3 is 2.28 bits per heavy atom. The molecular weight excluding hydrogens is 269 g/mol. The third kappa shape index (κ3) is 4.56. The standard InChI is InChI=1S/C11H13F3O3S/c1-3-8-4-9(17-7-11(12,13)14)6-10(5-8)18(2,15)16/h4-6H,3,7H2,1-2H3. The van der Waals surface area contributed by atoms with Crippen molar-refractivity contribution in [3.05, 3.63) is 23.8 Å². The lowest BCUT2D eigenvalue weighted by Crippen LogP contribution is -2.19. The summed E-state index contributed by atoms with van der Waals surface area (Å²) in [7, 11) is -3.47. The molecule has 0 aliphatic heterocycles. The zero-order chi connectivity index (χ0) is 14.0. The third-order valence-corrected chi connectivity index (χ3v) is 3.27. The van der Waals surface area contributed by atoms with Gasteiger partial charge in [-0.3, -0.25) is 0 Å². The second kappa shape index (κ2) is 5.17. The van der Waals surface area contributed by atoms with Crippen LogP contribution in [-0.4, -0.2) is 27.5 Å². The maximum atomic E-state index is 12.0. The van der Waals surface area contributed by atoms with Crippen molar-refractivity contribution in [2.45, 2.75) is 24.4 Å². The van der Waals surface area contributed by atoms with E-state index in [2.05, 4.69) is 4.74 Å². The highest BCUT2D eigenvalue weighted by atomic mass is 32.2. The molecule has 0 saturated carbocycles. The molecule has 0 fully saturated rings. The molecule has 0 aliphatic carbocycles. The Morgan fingerprint density at radius 2 is 1.83 bits per heavy atom. The molecule has 102 valence electrons. The molecule has 1 rings (SSSR count). The van der Waals surface area contributed by atoms with E-state index in [-0.39, 0.29) is 10.6 Å². The van der Waals surface area contributed by atoms with Crippen molar-refractivity contribution < 1.29 is 26.3 Å². The second-order valence-electron chi connectivity index (χ2n) is 3.84. The molecule has 0 aromatic heterocycles. The smallest absolute Gasteiger partial charge is 0.422 e. The average Bonchev–Trinajstić information content (AvgIpc) is 2.24. The number of ether oxygens (including phenoxy) is 1. The van der Waals surface area contributed by atoms with Gasteiger partial charge in [0.2, 0.25) is 0 Å². The molecular formula is C11H13F3O3S. The van der Waals surface area contributed by atoms with Crippen LogP contribution in [-0.2, 0) is 16.3 Å². The van der Waals surface area contributed by atoms with E-state index in [1.807, 2.05) is 0 Å². The molecule has 1 aromatic rings. The van der Waals surface area contributed by atoms with E-state index >= 15 is 0 Å². The highest BCUT2D eigenvalue weighted by Gasteiger charge is 2.28. The van der Waals surface area contributed by atoms with Crippen LogP contribution < -0.4 is 4.74 Å². The van der Waals surface area contributed by atoms with Crippen LogP contribution in [0.25, 0.3) is 0 Å². The molecule has 3 nitrogen and oxygen atoms in total. The maximum Gasteiger partial charge on any atom is 0.422 e. The van der Waals surface area contributed by atoms with Crippen LogP contribution in [0.2, 0.25) is 0 Å². The summed E-state index contributed by atoms with van der Waals surface area (Å²) in [6, 6.07) is 3.93. The van der Waals surface area contributed by atoms with Crippen LogP contribution in [0.15, 0.2) is 23.1 Å². The highest BCUT2D eigenvalue weighted by molar-refractivity contribution is 7.90. The van der Waals surface area contributed by atoms with Crippen LogP contribution >= 0.6 is 0 Å². The van der Waals surface area contributed by atoms with Crippen molar-refractivity contribution >= 4 is 9.84 Å². The lowest BCUT2D eigenvalue weighted by atomic mass is 10.2. The summed E-state index contributed by atoms with van der Waals surface area (Å²) in [5, 5.41) is 0. The Hall–Kier alpha value is -1.24. The Balaban J connectivity index is 3.06. The van der Waals surface area contributed by atoms with E-state index in [0.29, 0.717) is 12.0 Å². The van der Waals surface area contributed by atoms with E-state index in [0.717, 1.165) is 12.3 Å². The van der Waals surface area contributed by atoms with Crippen LogP contribution in [0.5, 0.6) is 5.75 Å². The van der Waals surface area contributed by atoms with E-state index in [4.69, 9.17) is 0 Å². The van der Waals surface area contributed by atoms with Gasteiger partial charge >= 0.3 is 6.18 Å². The Bertz CT molecular complexity index is 521. The average molecular weight is 282 g/mol. The summed E-state index contributed by atoms with van der Waals surface area (Å²) in [4.78, 5) is -0.0426. The molecule has 18 heavy (non-hydrogen) atoms. The molecule has 0 radical (unpaired) electrons. The van der Waals surface area contributed by atoms with E-state index < -0.39 is 22.6 Å². The molecule has 0 unspecified atom stereocenters. The molecule has 0 N–H and O–H groups in total. The molecule has 0 amide bonds. The van der Waals surface area contributed by atoms with Gasteiger partial charge in [-0.15, -0.1) is 0 Å². The molecule has 0 saturated heterocycles. The van der Waals surface area contributed by atoms with E-state index in [9.17, 15) is 21.6 Å². The zero-order valence-electron chi connectivity index (χ0n) is 9.91. The third-order valence-electron chi connectivity index (χ3n) is 2.18. The van der Waals surface area contributed by atoms with Gasteiger partial charge in [-0.25, -0.2) is 8.42 Å². The number of sulfone groups is 1.